The summed E-state index contributed by atoms with van der Waals surface area (Å²) in [5.41, 5.74) is 0. The van der Waals surface area contributed by atoms with Crippen molar-refractivity contribution in [2.24, 2.45) is 11.8 Å². The van der Waals surface area contributed by atoms with Gasteiger partial charge in [-0.25, -0.2) is 0 Å². The van der Waals surface area contributed by atoms with Crippen LogP contribution in [0.25, 0.3) is 0 Å². The van der Waals surface area contributed by atoms with Crippen molar-refractivity contribution < 1.29 is 0 Å². The molecule has 0 aliphatic rings. The van der Waals surface area contributed by atoms with Crippen molar-refractivity contribution in [3.05, 3.63) is 0 Å². The molecule has 0 spiro atoms. The van der Waals surface area contributed by atoms with Gasteiger partial charge in [0.25, 0.3) is 0 Å². The maximum Gasteiger partial charge on any atom is -0.00223 e. The lowest BCUT2D eigenvalue weighted by atomic mass is 10.0. The van der Waals surface area contributed by atoms with E-state index in [0.29, 0.717) is 0 Å². The van der Waals surface area contributed by atoms with Crippen LogP contribution in [0.15, 0.2) is 0 Å². The lowest BCUT2D eigenvalue weighted by Crippen LogP contribution is -2.21. The van der Waals surface area contributed by atoms with Crippen LogP contribution in [0.1, 0.15) is 40.0 Å². The minimum absolute atomic E-state index is 0.823. The van der Waals surface area contributed by atoms with E-state index >= 15 is 0 Å². The van der Waals surface area contributed by atoms with Crippen molar-refractivity contribution in [3.63, 3.8) is 0 Å². The SMILES string of the molecule is CC(C)CCNCCC(C)CCN(C)C. The van der Waals surface area contributed by atoms with Gasteiger partial charge in [0.05, 0.1) is 0 Å². The Bertz CT molecular complexity index is 132. The standard InChI is InChI=1S/C13H30N2/c1-12(2)6-9-14-10-7-13(3)8-11-15(4)5/h12-14H,6-11H2,1-5H3. The second-order valence-corrected chi connectivity index (χ2v) is 5.42. The Hall–Kier alpha value is -0.0800. The van der Waals surface area contributed by atoms with E-state index in [0.717, 1.165) is 11.8 Å². The molecule has 2 heteroatoms. The van der Waals surface area contributed by atoms with Crippen molar-refractivity contribution in [1.82, 2.24) is 10.2 Å². The Labute approximate surface area is 96.4 Å². The first kappa shape index (κ1) is 14.9. The molecule has 0 aromatic heterocycles. The van der Waals surface area contributed by atoms with Crippen molar-refractivity contribution in [2.75, 3.05) is 33.7 Å². The van der Waals surface area contributed by atoms with Crippen molar-refractivity contribution in [3.8, 4) is 0 Å². The molecule has 0 bridgehead atoms. The van der Waals surface area contributed by atoms with Crippen molar-refractivity contribution in [1.29, 1.82) is 0 Å². The third-order valence-electron chi connectivity index (χ3n) is 2.78. The van der Waals surface area contributed by atoms with Gasteiger partial charge in [-0.1, -0.05) is 20.8 Å². The van der Waals surface area contributed by atoms with Gasteiger partial charge in [0.1, 0.15) is 0 Å². The molecule has 2 nitrogen and oxygen atoms in total. The molecule has 1 unspecified atom stereocenters. The first-order valence-corrected chi connectivity index (χ1v) is 6.37. The van der Waals surface area contributed by atoms with Crippen molar-refractivity contribution >= 4 is 0 Å². The summed E-state index contributed by atoms with van der Waals surface area (Å²) < 4.78 is 0. The highest BCUT2D eigenvalue weighted by Gasteiger charge is 2.02. The lowest BCUT2D eigenvalue weighted by molar-refractivity contribution is 0.348. The summed E-state index contributed by atoms with van der Waals surface area (Å²) in [6, 6.07) is 0. The van der Waals surface area contributed by atoms with Gasteiger partial charge in [-0.05, 0) is 64.8 Å². The zero-order valence-electron chi connectivity index (χ0n) is 11.3. The predicted octanol–water partition coefficient (Wildman–Crippen LogP) is 2.60. The highest BCUT2D eigenvalue weighted by Crippen LogP contribution is 2.06. The number of hydrogen-bond acceptors (Lipinski definition) is 2. The average molecular weight is 214 g/mol. The fraction of sp³-hybridized carbons (Fsp3) is 1.00. The van der Waals surface area contributed by atoms with E-state index in [1.54, 1.807) is 0 Å². The van der Waals surface area contributed by atoms with Crippen LogP contribution >= 0.6 is 0 Å². The van der Waals surface area contributed by atoms with E-state index in [-0.39, 0.29) is 0 Å². The Balaban J connectivity index is 3.20. The molecule has 0 aliphatic carbocycles. The summed E-state index contributed by atoms with van der Waals surface area (Å²) in [7, 11) is 4.29. The van der Waals surface area contributed by atoms with E-state index < -0.39 is 0 Å². The summed E-state index contributed by atoms with van der Waals surface area (Å²) in [6.45, 7) is 10.5. The first-order chi connectivity index (χ1) is 7.02. The maximum atomic E-state index is 3.52. The molecule has 0 amide bonds. The number of hydrogen-bond donors (Lipinski definition) is 1. The molecule has 0 fully saturated rings. The molecule has 0 aromatic carbocycles. The Morgan fingerprint density at radius 3 is 2.07 bits per heavy atom. The van der Waals surface area contributed by atoms with Crippen LogP contribution in [0.2, 0.25) is 0 Å². The molecular formula is C13H30N2. The molecule has 0 radical (unpaired) electrons. The van der Waals surface area contributed by atoms with E-state index in [4.69, 9.17) is 0 Å². The van der Waals surface area contributed by atoms with Crippen LogP contribution in [0.4, 0.5) is 0 Å². The van der Waals surface area contributed by atoms with E-state index in [2.05, 4.69) is 45.1 Å². The maximum absolute atomic E-state index is 3.52. The topological polar surface area (TPSA) is 15.3 Å². The highest BCUT2D eigenvalue weighted by atomic mass is 15.0. The average Bonchev–Trinajstić information content (AvgIpc) is 2.13. The molecule has 0 aromatic rings. The second-order valence-electron chi connectivity index (χ2n) is 5.42. The van der Waals surface area contributed by atoms with E-state index in [1.807, 2.05) is 0 Å². The van der Waals surface area contributed by atoms with Crippen molar-refractivity contribution in [2.45, 2.75) is 40.0 Å². The molecule has 15 heavy (non-hydrogen) atoms. The fourth-order valence-corrected chi connectivity index (χ4v) is 1.49. The van der Waals surface area contributed by atoms with Crippen LogP contribution < -0.4 is 5.32 Å². The van der Waals surface area contributed by atoms with E-state index in [1.165, 1.54) is 38.9 Å². The largest absolute Gasteiger partial charge is 0.317 e. The monoisotopic (exact) mass is 214 g/mol. The number of rotatable bonds is 9. The first-order valence-electron chi connectivity index (χ1n) is 6.37. The molecule has 1 atom stereocenters. The zero-order chi connectivity index (χ0) is 11.7. The summed E-state index contributed by atoms with van der Waals surface area (Å²) in [5.74, 6) is 1.67. The predicted molar refractivity (Wildman–Crippen MR) is 69.3 cm³/mol. The van der Waals surface area contributed by atoms with Crippen LogP contribution in [-0.2, 0) is 0 Å². The van der Waals surface area contributed by atoms with Gasteiger partial charge in [0.2, 0.25) is 0 Å². The Morgan fingerprint density at radius 1 is 0.933 bits per heavy atom. The molecule has 0 aliphatic heterocycles. The molecule has 0 rings (SSSR count). The molecule has 0 heterocycles. The van der Waals surface area contributed by atoms with Gasteiger partial charge in [0, 0.05) is 0 Å². The minimum atomic E-state index is 0.823. The third kappa shape index (κ3) is 11.8. The van der Waals surface area contributed by atoms with Crippen LogP contribution in [0, 0.1) is 11.8 Å². The molecular weight excluding hydrogens is 184 g/mol. The highest BCUT2D eigenvalue weighted by molar-refractivity contribution is 4.58. The van der Waals surface area contributed by atoms with Gasteiger partial charge >= 0.3 is 0 Å². The Kier molecular flexibility index (Phi) is 9.12. The van der Waals surface area contributed by atoms with Crippen LogP contribution in [-0.4, -0.2) is 38.6 Å². The summed E-state index contributed by atoms with van der Waals surface area (Å²) in [4.78, 5) is 2.27. The smallest absolute Gasteiger partial charge is 0.00223 e. The number of nitrogens with one attached hydrogen (secondary N) is 1. The second kappa shape index (κ2) is 9.17. The molecule has 0 saturated heterocycles. The zero-order valence-corrected chi connectivity index (χ0v) is 11.3. The normalized spacial score (nSPS) is 13.8. The summed E-state index contributed by atoms with van der Waals surface area (Å²) >= 11 is 0. The summed E-state index contributed by atoms with van der Waals surface area (Å²) in [5, 5.41) is 3.52. The number of nitrogens with zero attached hydrogens (tertiary/aromatic N) is 1. The Morgan fingerprint density at radius 2 is 1.53 bits per heavy atom. The summed E-state index contributed by atoms with van der Waals surface area (Å²) in [6.07, 6.45) is 3.93. The molecule has 0 saturated carbocycles. The van der Waals surface area contributed by atoms with Gasteiger partial charge in [-0.15, -0.1) is 0 Å². The van der Waals surface area contributed by atoms with Gasteiger partial charge in [-0.3, -0.25) is 0 Å². The molecule has 1 N–H and O–H groups in total. The quantitative estimate of drug-likeness (QED) is 0.594. The van der Waals surface area contributed by atoms with Crippen LogP contribution in [0.5, 0.6) is 0 Å². The molecule has 92 valence electrons. The van der Waals surface area contributed by atoms with E-state index in [9.17, 15) is 0 Å². The third-order valence-corrected chi connectivity index (χ3v) is 2.78. The lowest BCUT2D eigenvalue weighted by Gasteiger charge is -2.15. The fourth-order valence-electron chi connectivity index (χ4n) is 1.49. The van der Waals surface area contributed by atoms with Gasteiger partial charge in [-0.2, -0.15) is 0 Å². The van der Waals surface area contributed by atoms with Gasteiger partial charge < -0.3 is 10.2 Å². The van der Waals surface area contributed by atoms with Crippen LogP contribution in [0.3, 0.4) is 0 Å². The van der Waals surface area contributed by atoms with Gasteiger partial charge in [0.15, 0.2) is 0 Å². The minimum Gasteiger partial charge on any atom is -0.317 e.